The van der Waals surface area contributed by atoms with Crippen molar-refractivity contribution in [2.75, 3.05) is 0 Å². The molecule has 0 aliphatic carbocycles. The van der Waals surface area contributed by atoms with Crippen LogP contribution >= 0.6 is 0 Å². The van der Waals surface area contributed by atoms with Gasteiger partial charge < -0.3 is 10.4 Å². The fraction of sp³-hybridized carbons (Fsp3) is 0.333. The number of rotatable bonds is 7. The van der Waals surface area contributed by atoms with Crippen molar-refractivity contribution >= 4 is 0 Å². The Labute approximate surface area is 121 Å². The molecular formula is C18H23NO. The predicted octanol–water partition coefficient (Wildman–Crippen LogP) is 3.81. The van der Waals surface area contributed by atoms with E-state index in [1.807, 2.05) is 12.1 Å². The molecular weight excluding hydrogens is 246 g/mol. The minimum Gasteiger partial charge on any atom is -0.392 e. The van der Waals surface area contributed by atoms with Gasteiger partial charge in [0.25, 0.3) is 0 Å². The van der Waals surface area contributed by atoms with Crippen LogP contribution in [0.25, 0.3) is 0 Å². The average molecular weight is 269 g/mol. The summed E-state index contributed by atoms with van der Waals surface area (Å²) in [6.07, 6.45) is 2.28. The summed E-state index contributed by atoms with van der Waals surface area (Å²) in [5.74, 6) is 0. The summed E-state index contributed by atoms with van der Waals surface area (Å²) < 4.78 is 0. The molecule has 1 atom stereocenters. The maximum absolute atomic E-state index is 9.18. The van der Waals surface area contributed by atoms with Gasteiger partial charge in [-0.1, -0.05) is 67.9 Å². The monoisotopic (exact) mass is 269 g/mol. The van der Waals surface area contributed by atoms with Crippen molar-refractivity contribution < 1.29 is 5.11 Å². The molecule has 0 saturated heterocycles. The topological polar surface area (TPSA) is 32.3 Å². The van der Waals surface area contributed by atoms with Gasteiger partial charge in [-0.05, 0) is 23.1 Å². The zero-order chi connectivity index (χ0) is 14.2. The first-order valence-electron chi connectivity index (χ1n) is 7.30. The summed E-state index contributed by atoms with van der Waals surface area (Å²) in [5, 5.41) is 12.8. The number of hydrogen-bond donors (Lipinski definition) is 2. The van der Waals surface area contributed by atoms with E-state index in [4.69, 9.17) is 0 Å². The van der Waals surface area contributed by atoms with E-state index in [0.29, 0.717) is 6.04 Å². The van der Waals surface area contributed by atoms with Gasteiger partial charge in [0.15, 0.2) is 0 Å². The molecule has 2 rings (SSSR count). The SMILES string of the molecule is CCCC(NCc1cccc(CO)c1)c1ccccc1. The average Bonchev–Trinajstić information content (AvgIpc) is 2.52. The second-order valence-corrected chi connectivity index (χ2v) is 5.11. The van der Waals surface area contributed by atoms with Gasteiger partial charge in [0.1, 0.15) is 0 Å². The Morgan fingerprint density at radius 2 is 1.75 bits per heavy atom. The van der Waals surface area contributed by atoms with Crippen LogP contribution in [-0.2, 0) is 13.2 Å². The molecule has 0 aliphatic rings. The smallest absolute Gasteiger partial charge is 0.0681 e. The van der Waals surface area contributed by atoms with Crippen LogP contribution in [0, 0.1) is 0 Å². The molecule has 0 spiro atoms. The molecule has 0 heterocycles. The van der Waals surface area contributed by atoms with Crippen LogP contribution in [-0.4, -0.2) is 5.11 Å². The number of aliphatic hydroxyl groups is 1. The third-order valence-corrected chi connectivity index (χ3v) is 3.51. The van der Waals surface area contributed by atoms with Gasteiger partial charge in [-0.2, -0.15) is 0 Å². The van der Waals surface area contributed by atoms with Crippen molar-refractivity contribution in [1.82, 2.24) is 5.32 Å². The van der Waals surface area contributed by atoms with Crippen LogP contribution < -0.4 is 5.32 Å². The minimum absolute atomic E-state index is 0.102. The Bertz CT molecular complexity index is 510. The van der Waals surface area contributed by atoms with Crippen molar-refractivity contribution in [2.24, 2.45) is 0 Å². The van der Waals surface area contributed by atoms with E-state index in [-0.39, 0.29) is 6.61 Å². The van der Waals surface area contributed by atoms with Crippen molar-refractivity contribution in [3.63, 3.8) is 0 Å². The first kappa shape index (κ1) is 14.8. The quantitative estimate of drug-likeness (QED) is 0.801. The number of aliphatic hydroxyl groups excluding tert-OH is 1. The fourth-order valence-corrected chi connectivity index (χ4v) is 2.44. The first-order valence-corrected chi connectivity index (χ1v) is 7.30. The van der Waals surface area contributed by atoms with Crippen LogP contribution in [0.5, 0.6) is 0 Å². The highest BCUT2D eigenvalue weighted by Gasteiger charge is 2.09. The molecule has 1 unspecified atom stereocenters. The van der Waals surface area contributed by atoms with E-state index in [2.05, 4.69) is 54.7 Å². The summed E-state index contributed by atoms with van der Waals surface area (Å²) in [6, 6.07) is 19.1. The zero-order valence-corrected chi connectivity index (χ0v) is 12.0. The Balaban J connectivity index is 2.02. The summed E-state index contributed by atoms with van der Waals surface area (Å²) in [5.41, 5.74) is 3.53. The van der Waals surface area contributed by atoms with Crippen LogP contribution in [0.15, 0.2) is 54.6 Å². The second kappa shape index (κ2) is 7.83. The van der Waals surface area contributed by atoms with Crippen molar-refractivity contribution in [1.29, 1.82) is 0 Å². The summed E-state index contributed by atoms with van der Waals surface area (Å²) in [6.45, 7) is 3.14. The summed E-state index contributed by atoms with van der Waals surface area (Å²) >= 11 is 0. The molecule has 2 aromatic rings. The third kappa shape index (κ3) is 4.19. The van der Waals surface area contributed by atoms with Crippen LogP contribution in [0.3, 0.4) is 0 Å². The molecule has 106 valence electrons. The Hall–Kier alpha value is -1.64. The molecule has 2 N–H and O–H groups in total. The standard InChI is InChI=1S/C18H23NO/c1-2-7-18(17-10-4-3-5-11-17)19-13-15-8-6-9-16(12-15)14-20/h3-6,8-12,18-20H,2,7,13-14H2,1H3. The maximum atomic E-state index is 9.18. The predicted molar refractivity (Wildman–Crippen MR) is 83.3 cm³/mol. The van der Waals surface area contributed by atoms with E-state index in [9.17, 15) is 5.11 Å². The molecule has 0 aliphatic heterocycles. The number of hydrogen-bond acceptors (Lipinski definition) is 2. The highest BCUT2D eigenvalue weighted by atomic mass is 16.3. The van der Waals surface area contributed by atoms with E-state index < -0.39 is 0 Å². The molecule has 0 aromatic heterocycles. The van der Waals surface area contributed by atoms with Crippen molar-refractivity contribution in [3.8, 4) is 0 Å². The molecule has 2 aromatic carbocycles. The third-order valence-electron chi connectivity index (χ3n) is 3.51. The number of nitrogens with one attached hydrogen (secondary N) is 1. The fourth-order valence-electron chi connectivity index (χ4n) is 2.44. The van der Waals surface area contributed by atoms with E-state index in [1.165, 1.54) is 11.1 Å². The Morgan fingerprint density at radius 3 is 2.45 bits per heavy atom. The van der Waals surface area contributed by atoms with Crippen molar-refractivity contribution in [3.05, 3.63) is 71.3 Å². The molecule has 0 bridgehead atoms. The molecule has 2 heteroatoms. The molecule has 0 amide bonds. The molecule has 20 heavy (non-hydrogen) atoms. The Kier molecular flexibility index (Phi) is 5.78. The van der Waals surface area contributed by atoms with Gasteiger partial charge in [0.2, 0.25) is 0 Å². The van der Waals surface area contributed by atoms with Gasteiger partial charge in [-0.3, -0.25) is 0 Å². The van der Waals surface area contributed by atoms with Gasteiger partial charge in [0.05, 0.1) is 6.61 Å². The summed E-state index contributed by atoms with van der Waals surface area (Å²) in [4.78, 5) is 0. The maximum Gasteiger partial charge on any atom is 0.0681 e. The normalized spacial score (nSPS) is 12.3. The van der Waals surface area contributed by atoms with Crippen molar-refractivity contribution in [2.45, 2.75) is 39.0 Å². The highest BCUT2D eigenvalue weighted by molar-refractivity contribution is 5.24. The van der Waals surface area contributed by atoms with E-state index >= 15 is 0 Å². The first-order chi connectivity index (χ1) is 9.83. The van der Waals surface area contributed by atoms with Crippen LogP contribution in [0.2, 0.25) is 0 Å². The van der Waals surface area contributed by atoms with Gasteiger partial charge in [0, 0.05) is 12.6 Å². The number of benzene rings is 2. The molecule has 0 fully saturated rings. The zero-order valence-electron chi connectivity index (χ0n) is 12.0. The van der Waals surface area contributed by atoms with Crippen LogP contribution in [0.4, 0.5) is 0 Å². The lowest BCUT2D eigenvalue weighted by Gasteiger charge is -2.19. The summed E-state index contributed by atoms with van der Waals surface area (Å²) in [7, 11) is 0. The van der Waals surface area contributed by atoms with Gasteiger partial charge >= 0.3 is 0 Å². The largest absolute Gasteiger partial charge is 0.392 e. The Morgan fingerprint density at radius 1 is 1.00 bits per heavy atom. The van der Waals surface area contributed by atoms with Crippen LogP contribution in [0.1, 0.15) is 42.5 Å². The van der Waals surface area contributed by atoms with E-state index in [1.54, 1.807) is 0 Å². The molecule has 0 saturated carbocycles. The van der Waals surface area contributed by atoms with Gasteiger partial charge in [-0.25, -0.2) is 0 Å². The van der Waals surface area contributed by atoms with Gasteiger partial charge in [-0.15, -0.1) is 0 Å². The molecule has 2 nitrogen and oxygen atoms in total. The minimum atomic E-state index is 0.102. The van der Waals surface area contributed by atoms with E-state index in [0.717, 1.165) is 24.9 Å². The highest BCUT2D eigenvalue weighted by Crippen LogP contribution is 2.19. The lowest BCUT2D eigenvalue weighted by Crippen LogP contribution is -2.20. The lowest BCUT2D eigenvalue weighted by atomic mass is 10.0. The second-order valence-electron chi connectivity index (χ2n) is 5.11. The molecule has 0 radical (unpaired) electrons. The lowest BCUT2D eigenvalue weighted by molar-refractivity contribution is 0.281.